The van der Waals surface area contributed by atoms with Crippen molar-refractivity contribution in [3.63, 3.8) is 0 Å². The van der Waals surface area contributed by atoms with Gasteiger partial charge in [0, 0.05) is 12.5 Å². The number of ether oxygens (including phenoxy) is 1. The van der Waals surface area contributed by atoms with E-state index in [1.807, 2.05) is 27.7 Å². The molecule has 0 radical (unpaired) electrons. The maximum atomic E-state index is 13.6. The van der Waals surface area contributed by atoms with Gasteiger partial charge < -0.3 is 14.0 Å². The van der Waals surface area contributed by atoms with Crippen molar-refractivity contribution in [2.45, 2.75) is 63.8 Å². The fourth-order valence-electron chi connectivity index (χ4n) is 3.12. The number of rotatable bonds is 2. The van der Waals surface area contributed by atoms with E-state index in [0.717, 1.165) is 6.42 Å². The van der Waals surface area contributed by atoms with Gasteiger partial charge >= 0.3 is 13.3 Å². The fraction of sp³-hybridized carbons (Fsp3) is 0.706. The van der Waals surface area contributed by atoms with Crippen LogP contribution in [0.25, 0.3) is 0 Å². The average molecular weight is 357 g/mol. The van der Waals surface area contributed by atoms with E-state index in [1.54, 1.807) is 6.07 Å². The van der Waals surface area contributed by atoms with E-state index < -0.39 is 30.2 Å². The lowest BCUT2D eigenvalue weighted by Crippen LogP contribution is -2.41. The molecule has 0 bridgehead atoms. The standard InChI is InChI=1S/C17H23BF3NO3/c1-15(2)16(3,4)25-18(24-15)13-8-7-12(11-6-5-9-23-10-11)14(22-13)17(19,20)21/h7-8,11H,5-6,9-10H2,1-4H3. The van der Waals surface area contributed by atoms with Gasteiger partial charge in [0.05, 0.1) is 23.4 Å². The van der Waals surface area contributed by atoms with Crippen molar-refractivity contribution in [3.8, 4) is 0 Å². The van der Waals surface area contributed by atoms with Crippen LogP contribution in [0.4, 0.5) is 13.2 Å². The van der Waals surface area contributed by atoms with Gasteiger partial charge in [-0.3, -0.25) is 4.98 Å². The lowest BCUT2D eigenvalue weighted by molar-refractivity contribution is -0.142. The Kier molecular flexibility index (Phi) is 4.67. The van der Waals surface area contributed by atoms with E-state index in [2.05, 4.69) is 4.98 Å². The largest absolute Gasteiger partial charge is 0.514 e. The van der Waals surface area contributed by atoms with Gasteiger partial charge in [-0.1, -0.05) is 6.07 Å². The maximum Gasteiger partial charge on any atom is 0.514 e. The quantitative estimate of drug-likeness (QED) is 0.762. The third-order valence-corrected chi connectivity index (χ3v) is 5.31. The number of hydrogen-bond acceptors (Lipinski definition) is 4. The molecule has 0 aliphatic carbocycles. The Morgan fingerprint density at radius 2 is 1.76 bits per heavy atom. The van der Waals surface area contributed by atoms with Crippen molar-refractivity contribution >= 4 is 12.7 Å². The van der Waals surface area contributed by atoms with E-state index in [0.29, 0.717) is 19.6 Å². The summed E-state index contributed by atoms with van der Waals surface area (Å²) >= 11 is 0. The Bertz CT molecular complexity index is 627. The zero-order valence-corrected chi connectivity index (χ0v) is 14.9. The topological polar surface area (TPSA) is 40.6 Å². The summed E-state index contributed by atoms with van der Waals surface area (Å²) in [7, 11) is -0.914. The molecule has 2 saturated heterocycles. The first-order chi connectivity index (χ1) is 11.5. The molecule has 0 spiro atoms. The minimum absolute atomic E-state index is 0.145. The zero-order valence-electron chi connectivity index (χ0n) is 14.9. The summed E-state index contributed by atoms with van der Waals surface area (Å²) in [6, 6.07) is 3.07. The lowest BCUT2D eigenvalue weighted by atomic mass is 9.82. The Morgan fingerprint density at radius 1 is 1.12 bits per heavy atom. The van der Waals surface area contributed by atoms with E-state index in [9.17, 15) is 13.2 Å². The van der Waals surface area contributed by atoms with Crippen LogP contribution >= 0.6 is 0 Å². The molecule has 3 rings (SSSR count). The number of hydrogen-bond donors (Lipinski definition) is 0. The Morgan fingerprint density at radius 3 is 2.28 bits per heavy atom. The van der Waals surface area contributed by atoms with Crippen LogP contribution in [0.15, 0.2) is 12.1 Å². The molecular formula is C17H23BF3NO3. The van der Waals surface area contributed by atoms with E-state index in [-0.39, 0.29) is 17.1 Å². The number of nitrogens with zero attached hydrogens (tertiary/aromatic N) is 1. The highest BCUT2D eigenvalue weighted by molar-refractivity contribution is 6.61. The summed E-state index contributed by atoms with van der Waals surface area (Å²) in [4.78, 5) is 3.90. The monoisotopic (exact) mass is 357 g/mol. The van der Waals surface area contributed by atoms with Gasteiger partial charge in [0.1, 0.15) is 5.69 Å². The van der Waals surface area contributed by atoms with Crippen molar-refractivity contribution in [2.24, 2.45) is 0 Å². The summed E-state index contributed by atoms with van der Waals surface area (Å²) in [5.41, 5.74) is -1.80. The van der Waals surface area contributed by atoms with Gasteiger partial charge in [0.15, 0.2) is 0 Å². The summed E-state index contributed by atoms with van der Waals surface area (Å²) in [5.74, 6) is -0.287. The molecule has 2 aliphatic rings. The van der Waals surface area contributed by atoms with Crippen LogP contribution < -0.4 is 5.59 Å². The van der Waals surface area contributed by atoms with Crippen LogP contribution in [-0.4, -0.2) is 36.5 Å². The highest BCUT2D eigenvalue weighted by Gasteiger charge is 2.53. The Balaban J connectivity index is 1.95. The highest BCUT2D eigenvalue weighted by Crippen LogP contribution is 2.38. The molecule has 1 unspecified atom stereocenters. The molecule has 1 atom stereocenters. The smallest absolute Gasteiger partial charge is 0.398 e. The minimum Gasteiger partial charge on any atom is -0.398 e. The fourth-order valence-corrected chi connectivity index (χ4v) is 3.12. The molecule has 1 aromatic heterocycles. The molecular weight excluding hydrogens is 334 g/mol. The van der Waals surface area contributed by atoms with Gasteiger partial charge in [-0.05, 0) is 52.2 Å². The maximum absolute atomic E-state index is 13.6. The molecule has 0 saturated carbocycles. The first-order valence-corrected chi connectivity index (χ1v) is 8.53. The number of alkyl halides is 3. The van der Waals surface area contributed by atoms with Gasteiger partial charge in [-0.25, -0.2) is 0 Å². The second kappa shape index (κ2) is 6.25. The minimum atomic E-state index is -4.54. The lowest BCUT2D eigenvalue weighted by Gasteiger charge is -2.32. The second-order valence-corrected chi connectivity index (χ2v) is 7.67. The first-order valence-electron chi connectivity index (χ1n) is 8.53. The Labute approximate surface area is 146 Å². The zero-order chi connectivity index (χ0) is 18.5. The van der Waals surface area contributed by atoms with Crippen molar-refractivity contribution in [1.82, 2.24) is 4.98 Å². The highest BCUT2D eigenvalue weighted by atomic mass is 19.4. The summed E-state index contributed by atoms with van der Waals surface area (Å²) in [6.45, 7) is 8.30. The SMILES string of the molecule is CC1(C)OB(c2ccc(C3CCCOC3)c(C(F)(F)F)n2)OC1(C)C. The summed E-state index contributed by atoms with van der Waals surface area (Å²) in [5, 5.41) is 0. The number of halogens is 3. The van der Waals surface area contributed by atoms with Crippen LogP contribution in [-0.2, 0) is 20.2 Å². The second-order valence-electron chi connectivity index (χ2n) is 7.67. The van der Waals surface area contributed by atoms with Crippen LogP contribution in [0.3, 0.4) is 0 Å². The van der Waals surface area contributed by atoms with Gasteiger partial charge in [0.25, 0.3) is 0 Å². The van der Waals surface area contributed by atoms with Crippen molar-refractivity contribution in [3.05, 3.63) is 23.4 Å². The van der Waals surface area contributed by atoms with Crippen LogP contribution in [0.2, 0.25) is 0 Å². The molecule has 25 heavy (non-hydrogen) atoms. The summed E-state index contributed by atoms with van der Waals surface area (Å²) in [6.07, 6.45) is -3.12. The molecule has 0 amide bonds. The normalized spacial score (nSPS) is 26.0. The predicted molar refractivity (Wildman–Crippen MR) is 87.7 cm³/mol. The van der Waals surface area contributed by atoms with Gasteiger partial charge in [0.2, 0.25) is 0 Å². The van der Waals surface area contributed by atoms with Crippen molar-refractivity contribution in [1.29, 1.82) is 0 Å². The molecule has 1 aromatic rings. The molecule has 0 N–H and O–H groups in total. The van der Waals surface area contributed by atoms with Crippen LogP contribution in [0.1, 0.15) is 57.7 Å². The molecule has 3 heterocycles. The molecule has 2 aliphatic heterocycles. The predicted octanol–water partition coefficient (Wildman–Crippen LogP) is 3.29. The van der Waals surface area contributed by atoms with Gasteiger partial charge in [-0.15, -0.1) is 0 Å². The molecule has 8 heteroatoms. The molecule has 138 valence electrons. The van der Waals surface area contributed by atoms with Crippen LogP contribution in [0.5, 0.6) is 0 Å². The average Bonchev–Trinajstić information content (AvgIpc) is 2.75. The van der Waals surface area contributed by atoms with E-state index in [1.165, 1.54) is 6.07 Å². The Hall–Kier alpha value is -1.12. The number of pyridine rings is 1. The van der Waals surface area contributed by atoms with E-state index in [4.69, 9.17) is 14.0 Å². The van der Waals surface area contributed by atoms with Crippen molar-refractivity contribution < 1.29 is 27.2 Å². The third-order valence-electron chi connectivity index (χ3n) is 5.31. The molecule has 2 fully saturated rings. The molecule has 4 nitrogen and oxygen atoms in total. The van der Waals surface area contributed by atoms with Gasteiger partial charge in [-0.2, -0.15) is 13.2 Å². The summed E-state index contributed by atoms with van der Waals surface area (Å²) < 4.78 is 57.8. The van der Waals surface area contributed by atoms with E-state index >= 15 is 0 Å². The first kappa shape index (κ1) is 18.7. The van der Waals surface area contributed by atoms with Crippen LogP contribution in [0, 0.1) is 0 Å². The third kappa shape index (κ3) is 3.57. The molecule has 0 aromatic carbocycles. The van der Waals surface area contributed by atoms with Crippen molar-refractivity contribution in [2.75, 3.05) is 13.2 Å². The number of aromatic nitrogens is 1.